The predicted molar refractivity (Wildman–Crippen MR) is 117 cm³/mol. The van der Waals surface area contributed by atoms with Crippen molar-refractivity contribution in [2.75, 3.05) is 25.4 Å². The molecule has 0 N–H and O–H groups in total. The van der Waals surface area contributed by atoms with Crippen molar-refractivity contribution in [2.45, 2.75) is 51.1 Å². The molecule has 2 fully saturated rings. The third-order valence-corrected chi connectivity index (χ3v) is 6.92. The maximum atomic E-state index is 12.6. The lowest BCUT2D eigenvalue weighted by Crippen LogP contribution is -2.50. The zero-order chi connectivity index (χ0) is 19.9. The highest BCUT2D eigenvalue weighted by atomic mass is 32.2. The Morgan fingerprint density at radius 1 is 1.25 bits per heavy atom. The molecule has 1 aromatic carbocycles. The van der Waals surface area contributed by atoms with E-state index in [0.717, 1.165) is 41.9 Å². The predicted octanol–water partition coefficient (Wildman–Crippen LogP) is 4.10. The number of thiocarbonyl (C=S) groups is 1. The van der Waals surface area contributed by atoms with Crippen LogP contribution in [0.25, 0.3) is 0 Å². The Kier molecular flexibility index (Phi) is 7.73. The molecule has 2 amide bonds. The van der Waals surface area contributed by atoms with E-state index in [-0.39, 0.29) is 24.1 Å². The van der Waals surface area contributed by atoms with Gasteiger partial charge in [-0.1, -0.05) is 62.3 Å². The number of carbonyl (C=O) groups excluding carboxylic acids is 2. The van der Waals surface area contributed by atoms with Gasteiger partial charge in [0.15, 0.2) is 0 Å². The molecule has 2 saturated heterocycles. The molecule has 0 bridgehead atoms. The van der Waals surface area contributed by atoms with Crippen molar-refractivity contribution in [3.8, 4) is 0 Å². The molecule has 0 spiro atoms. The summed E-state index contributed by atoms with van der Waals surface area (Å²) in [5, 5.41) is 0. The fraction of sp³-hybridized carbons (Fsp3) is 0.571. The van der Waals surface area contributed by atoms with E-state index in [1.165, 1.54) is 11.8 Å². The molecule has 1 aromatic rings. The van der Waals surface area contributed by atoms with E-state index < -0.39 is 0 Å². The minimum absolute atomic E-state index is 0.119. The number of amides is 2. The Hall–Kier alpha value is -1.60. The number of unbranched alkanes of at least 4 members (excludes halogenated alkanes) is 1. The normalized spacial score (nSPS) is 20.3. The summed E-state index contributed by atoms with van der Waals surface area (Å²) in [5.74, 6) is 0.483. The van der Waals surface area contributed by atoms with Crippen molar-refractivity contribution in [1.82, 2.24) is 9.80 Å². The second-order valence-corrected chi connectivity index (χ2v) is 8.99. The Bertz CT molecular complexity index is 690. The molecular formula is C21H28N2O3S2. The second-order valence-electron chi connectivity index (χ2n) is 7.33. The van der Waals surface area contributed by atoms with Crippen LogP contribution >= 0.6 is 24.0 Å². The fourth-order valence-electron chi connectivity index (χ4n) is 3.85. The molecule has 0 radical (unpaired) electrons. The number of ether oxygens (including phenoxy) is 1. The largest absolute Gasteiger partial charge is 0.447 e. The van der Waals surface area contributed by atoms with Gasteiger partial charge in [0.2, 0.25) is 5.91 Å². The monoisotopic (exact) mass is 420 g/mol. The average Bonchev–Trinajstić information content (AvgIpc) is 3.11. The quantitative estimate of drug-likeness (QED) is 0.622. The van der Waals surface area contributed by atoms with Gasteiger partial charge in [-0.05, 0) is 24.8 Å². The van der Waals surface area contributed by atoms with Crippen LogP contribution in [-0.2, 0) is 9.53 Å². The number of thioether (sulfide) groups is 1. The average molecular weight is 421 g/mol. The first-order valence-corrected chi connectivity index (χ1v) is 11.4. The number of nitrogens with zero attached hydrogens (tertiary/aromatic N) is 2. The van der Waals surface area contributed by atoms with Gasteiger partial charge < -0.3 is 9.64 Å². The summed E-state index contributed by atoms with van der Waals surface area (Å²) in [6.45, 7) is 4.04. The molecule has 28 heavy (non-hydrogen) atoms. The molecule has 152 valence electrons. The summed E-state index contributed by atoms with van der Waals surface area (Å²) in [6.07, 6.45) is 4.67. The summed E-state index contributed by atoms with van der Waals surface area (Å²) in [4.78, 5) is 28.6. The maximum Gasteiger partial charge on any atom is 0.410 e. The van der Waals surface area contributed by atoms with Crippen LogP contribution < -0.4 is 0 Å². The number of piperidine rings is 1. The molecular weight excluding hydrogens is 392 g/mol. The number of cyclic esters (lactones) is 1. The van der Waals surface area contributed by atoms with Gasteiger partial charge in [-0.25, -0.2) is 4.79 Å². The number of likely N-dealkylation sites (tertiary alicyclic amines) is 1. The molecule has 2 aliphatic heterocycles. The summed E-state index contributed by atoms with van der Waals surface area (Å²) in [7, 11) is 0. The van der Waals surface area contributed by atoms with Crippen LogP contribution in [0.3, 0.4) is 0 Å². The van der Waals surface area contributed by atoms with Crippen LogP contribution in [0.1, 0.15) is 44.6 Å². The van der Waals surface area contributed by atoms with E-state index >= 15 is 0 Å². The summed E-state index contributed by atoms with van der Waals surface area (Å²) < 4.78 is 6.05. The van der Waals surface area contributed by atoms with E-state index in [4.69, 9.17) is 17.0 Å². The molecule has 7 heteroatoms. The van der Waals surface area contributed by atoms with E-state index in [1.807, 2.05) is 40.1 Å². The van der Waals surface area contributed by atoms with E-state index in [1.54, 1.807) is 0 Å². The molecule has 0 aromatic heterocycles. The smallest absolute Gasteiger partial charge is 0.410 e. The van der Waals surface area contributed by atoms with E-state index in [0.29, 0.717) is 25.4 Å². The SMILES string of the molecule is CCCCC1COC(=O)N1C1CCN(C(=O)CSC(=S)c2ccccc2)CC1. The number of hydrogen-bond donors (Lipinski definition) is 0. The lowest BCUT2D eigenvalue weighted by molar-refractivity contribution is -0.129. The first-order chi connectivity index (χ1) is 13.6. The first-order valence-electron chi connectivity index (χ1n) is 10.0. The van der Waals surface area contributed by atoms with Gasteiger partial charge in [0.05, 0.1) is 16.0 Å². The Morgan fingerprint density at radius 2 is 1.96 bits per heavy atom. The topological polar surface area (TPSA) is 49.9 Å². The molecule has 2 aliphatic rings. The van der Waals surface area contributed by atoms with Crippen molar-refractivity contribution in [3.63, 3.8) is 0 Å². The van der Waals surface area contributed by atoms with Gasteiger partial charge in [-0.15, -0.1) is 11.8 Å². The van der Waals surface area contributed by atoms with Crippen LogP contribution in [0.2, 0.25) is 0 Å². The number of hydrogen-bond acceptors (Lipinski definition) is 5. The van der Waals surface area contributed by atoms with Crippen LogP contribution in [-0.4, -0.2) is 63.5 Å². The molecule has 2 heterocycles. The van der Waals surface area contributed by atoms with E-state index in [9.17, 15) is 9.59 Å². The lowest BCUT2D eigenvalue weighted by atomic mass is 10.0. The van der Waals surface area contributed by atoms with Gasteiger partial charge in [-0.3, -0.25) is 9.69 Å². The zero-order valence-corrected chi connectivity index (χ0v) is 18.0. The third-order valence-electron chi connectivity index (χ3n) is 5.44. The minimum atomic E-state index is -0.186. The van der Waals surface area contributed by atoms with Gasteiger partial charge >= 0.3 is 6.09 Å². The second kappa shape index (κ2) is 10.3. The highest BCUT2D eigenvalue weighted by molar-refractivity contribution is 8.24. The van der Waals surface area contributed by atoms with Crippen LogP contribution in [0.5, 0.6) is 0 Å². The highest BCUT2D eigenvalue weighted by Gasteiger charge is 2.39. The van der Waals surface area contributed by atoms with Gasteiger partial charge in [0.1, 0.15) is 6.61 Å². The maximum absolute atomic E-state index is 12.6. The zero-order valence-electron chi connectivity index (χ0n) is 16.3. The van der Waals surface area contributed by atoms with Crippen LogP contribution in [0, 0.1) is 0 Å². The van der Waals surface area contributed by atoms with Crippen LogP contribution in [0.15, 0.2) is 30.3 Å². The number of rotatable bonds is 7. The first kappa shape index (κ1) is 21.1. The van der Waals surface area contributed by atoms with Crippen molar-refractivity contribution in [2.24, 2.45) is 0 Å². The van der Waals surface area contributed by atoms with E-state index in [2.05, 4.69) is 6.92 Å². The van der Waals surface area contributed by atoms with Crippen molar-refractivity contribution < 1.29 is 14.3 Å². The summed E-state index contributed by atoms with van der Waals surface area (Å²) >= 11 is 6.85. The van der Waals surface area contributed by atoms with Gasteiger partial charge in [0.25, 0.3) is 0 Å². The van der Waals surface area contributed by atoms with Crippen LogP contribution in [0.4, 0.5) is 4.79 Å². The Balaban J connectivity index is 1.46. The summed E-state index contributed by atoms with van der Waals surface area (Å²) in [6, 6.07) is 10.2. The number of carbonyl (C=O) groups is 2. The van der Waals surface area contributed by atoms with Crippen molar-refractivity contribution in [1.29, 1.82) is 0 Å². The molecule has 3 rings (SSSR count). The standard InChI is InChI=1S/C21H28N2O3S2/c1-2-3-9-18-14-26-21(25)23(18)17-10-12-22(13-11-17)19(24)15-28-20(27)16-7-5-4-6-8-16/h4-8,17-18H,2-3,9-15H2,1H3. The van der Waals surface area contributed by atoms with Gasteiger partial charge in [0, 0.05) is 19.1 Å². The Morgan fingerprint density at radius 3 is 2.64 bits per heavy atom. The summed E-state index contributed by atoms with van der Waals surface area (Å²) in [5.41, 5.74) is 0.986. The fourth-order valence-corrected chi connectivity index (χ4v) is 4.90. The minimum Gasteiger partial charge on any atom is -0.447 e. The molecule has 5 nitrogen and oxygen atoms in total. The molecule has 0 aliphatic carbocycles. The highest BCUT2D eigenvalue weighted by Crippen LogP contribution is 2.27. The van der Waals surface area contributed by atoms with Crippen molar-refractivity contribution >= 4 is 40.2 Å². The third kappa shape index (κ3) is 5.26. The molecule has 1 unspecified atom stereocenters. The Labute approximate surface area is 176 Å². The number of benzene rings is 1. The lowest BCUT2D eigenvalue weighted by Gasteiger charge is -2.38. The van der Waals surface area contributed by atoms with Crippen molar-refractivity contribution in [3.05, 3.63) is 35.9 Å². The molecule has 0 saturated carbocycles. The van der Waals surface area contributed by atoms with Gasteiger partial charge in [-0.2, -0.15) is 0 Å². The molecule has 1 atom stereocenters.